The number of aliphatic hydroxyl groups is 2. The third-order valence-electron chi connectivity index (χ3n) is 4.57. The van der Waals surface area contributed by atoms with Crippen LogP contribution in [0.5, 0.6) is 0 Å². The van der Waals surface area contributed by atoms with E-state index in [1.54, 1.807) is 0 Å². The summed E-state index contributed by atoms with van der Waals surface area (Å²) in [4.78, 5) is 2.32. The number of alkyl halides is 1. The number of nitrogens with zero attached hydrogens (tertiary/aromatic N) is 1. The van der Waals surface area contributed by atoms with Crippen LogP contribution >= 0.6 is 15.9 Å². The van der Waals surface area contributed by atoms with Gasteiger partial charge in [0.2, 0.25) is 0 Å². The van der Waals surface area contributed by atoms with Crippen LogP contribution in [0.1, 0.15) is 12.8 Å². The lowest BCUT2D eigenvalue weighted by molar-refractivity contribution is 0.0350. The lowest BCUT2D eigenvalue weighted by Gasteiger charge is -2.29. The maximum absolute atomic E-state index is 10.1. The van der Waals surface area contributed by atoms with Gasteiger partial charge in [-0.2, -0.15) is 0 Å². The maximum atomic E-state index is 10.1. The highest BCUT2D eigenvalue weighted by Crippen LogP contribution is 2.54. The Balaban J connectivity index is 1.72. The van der Waals surface area contributed by atoms with Crippen molar-refractivity contribution in [3.8, 4) is 0 Å². The molecule has 3 fully saturated rings. The smallest absolute Gasteiger partial charge is 0.0763 e. The maximum Gasteiger partial charge on any atom is 0.0763 e. The molecule has 0 aromatic heterocycles. The van der Waals surface area contributed by atoms with Crippen molar-refractivity contribution in [3.63, 3.8) is 0 Å². The molecule has 1 heterocycles. The molecule has 1 aliphatic heterocycles. The van der Waals surface area contributed by atoms with E-state index in [1.165, 1.54) is 12.8 Å². The molecule has 2 saturated carbocycles. The van der Waals surface area contributed by atoms with E-state index in [0.29, 0.717) is 29.8 Å². The molecule has 6 unspecified atom stereocenters. The van der Waals surface area contributed by atoms with Crippen molar-refractivity contribution in [1.29, 1.82) is 0 Å². The fourth-order valence-electron chi connectivity index (χ4n) is 4.07. The van der Waals surface area contributed by atoms with Crippen LogP contribution in [0, 0.1) is 17.8 Å². The molecule has 86 valence electrons. The second kappa shape index (κ2) is 3.69. The van der Waals surface area contributed by atoms with E-state index in [0.717, 1.165) is 12.5 Å². The van der Waals surface area contributed by atoms with Crippen LogP contribution in [0.25, 0.3) is 0 Å². The SMILES string of the molecule is OC(CBr)CN1CC2CC3CC2C1C3O. The average molecular weight is 276 g/mol. The number of fused-ring (bicyclic) bond motifs is 1. The molecule has 3 nitrogen and oxygen atoms in total. The first kappa shape index (κ1) is 10.5. The zero-order chi connectivity index (χ0) is 10.6. The number of β-amino-alcohol motifs (C(OH)–C–C–N with tert-alkyl or cyclic N) is 1. The molecular weight excluding hydrogens is 258 g/mol. The molecule has 1 saturated heterocycles. The van der Waals surface area contributed by atoms with Gasteiger partial charge in [-0.05, 0) is 30.6 Å². The van der Waals surface area contributed by atoms with Gasteiger partial charge in [-0.15, -0.1) is 0 Å². The Hall–Kier alpha value is 0.360. The minimum Gasteiger partial charge on any atom is -0.391 e. The summed E-state index contributed by atoms with van der Waals surface area (Å²) in [5.74, 6) is 2.06. The van der Waals surface area contributed by atoms with Crippen molar-refractivity contribution in [1.82, 2.24) is 4.90 Å². The van der Waals surface area contributed by atoms with E-state index in [9.17, 15) is 10.2 Å². The molecule has 15 heavy (non-hydrogen) atoms. The van der Waals surface area contributed by atoms with Gasteiger partial charge in [0.05, 0.1) is 12.2 Å². The summed E-state index contributed by atoms with van der Waals surface area (Å²) in [5, 5.41) is 20.4. The predicted octanol–water partition coefficient (Wildman–Crippen LogP) is 0.443. The number of rotatable bonds is 3. The van der Waals surface area contributed by atoms with Crippen LogP contribution < -0.4 is 0 Å². The Morgan fingerprint density at radius 2 is 2.13 bits per heavy atom. The number of hydrogen-bond acceptors (Lipinski definition) is 3. The fraction of sp³-hybridized carbons (Fsp3) is 1.00. The molecule has 3 aliphatic rings. The monoisotopic (exact) mass is 275 g/mol. The minimum absolute atomic E-state index is 0.128. The van der Waals surface area contributed by atoms with Gasteiger partial charge in [0.15, 0.2) is 0 Å². The number of likely N-dealkylation sites (tertiary alicyclic amines) is 1. The van der Waals surface area contributed by atoms with Gasteiger partial charge < -0.3 is 10.2 Å². The van der Waals surface area contributed by atoms with Crippen molar-refractivity contribution in [2.24, 2.45) is 17.8 Å². The third kappa shape index (κ3) is 1.49. The van der Waals surface area contributed by atoms with Crippen LogP contribution in [0.15, 0.2) is 0 Å². The zero-order valence-corrected chi connectivity index (χ0v) is 10.3. The van der Waals surface area contributed by atoms with E-state index in [1.807, 2.05) is 0 Å². The Morgan fingerprint density at radius 1 is 1.33 bits per heavy atom. The zero-order valence-electron chi connectivity index (χ0n) is 8.72. The Kier molecular flexibility index (Phi) is 2.58. The first-order chi connectivity index (χ1) is 7.20. The van der Waals surface area contributed by atoms with E-state index in [2.05, 4.69) is 20.8 Å². The Labute approximate surface area is 98.6 Å². The number of halogens is 1. The highest BCUT2D eigenvalue weighted by atomic mass is 79.9. The summed E-state index contributed by atoms with van der Waals surface area (Å²) in [6.07, 6.45) is 2.01. The average Bonchev–Trinajstić information content (AvgIpc) is 2.79. The Morgan fingerprint density at radius 3 is 2.80 bits per heavy atom. The lowest BCUT2D eigenvalue weighted by Crippen LogP contribution is -2.44. The molecule has 2 N–H and O–H groups in total. The van der Waals surface area contributed by atoms with Crippen molar-refractivity contribution in [3.05, 3.63) is 0 Å². The van der Waals surface area contributed by atoms with Crippen molar-refractivity contribution in [2.45, 2.75) is 31.1 Å². The van der Waals surface area contributed by atoms with Gasteiger partial charge in [0.1, 0.15) is 0 Å². The summed E-state index contributed by atoms with van der Waals surface area (Å²) >= 11 is 3.30. The summed E-state index contributed by atoms with van der Waals surface area (Å²) in [7, 11) is 0. The van der Waals surface area contributed by atoms with Gasteiger partial charge in [-0.1, -0.05) is 15.9 Å². The van der Waals surface area contributed by atoms with Gasteiger partial charge >= 0.3 is 0 Å². The van der Waals surface area contributed by atoms with Gasteiger partial charge in [0.25, 0.3) is 0 Å². The molecule has 0 aromatic carbocycles. The van der Waals surface area contributed by atoms with Crippen molar-refractivity contribution >= 4 is 15.9 Å². The molecular formula is C11H18BrNO2. The Bertz CT molecular complexity index is 261. The summed E-state index contributed by atoms with van der Waals surface area (Å²) < 4.78 is 0. The van der Waals surface area contributed by atoms with E-state index in [4.69, 9.17) is 0 Å². The van der Waals surface area contributed by atoms with E-state index in [-0.39, 0.29) is 12.2 Å². The highest BCUT2D eigenvalue weighted by molar-refractivity contribution is 9.09. The van der Waals surface area contributed by atoms with Gasteiger partial charge in [0, 0.05) is 24.5 Å². The second-order valence-corrected chi connectivity index (χ2v) is 6.05. The van der Waals surface area contributed by atoms with Crippen LogP contribution in [-0.2, 0) is 0 Å². The van der Waals surface area contributed by atoms with Crippen molar-refractivity contribution < 1.29 is 10.2 Å². The molecule has 3 rings (SSSR count). The minimum atomic E-state index is -0.297. The molecule has 0 radical (unpaired) electrons. The first-order valence-corrected chi connectivity index (χ1v) is 6.99. The predicted molar refractivity (Wildman–Crippen MR) is 60.9 cm³/mol. The normalized spacial score (nSPS) is 50.2. The molecule has 2 aliphatic carbocycles. The van der Waals surface area contributed by atoms with Gasteiger partial charge in [-0.3, -0.25) is 4.90 Å². The van der Waals surface area contributed by atoms with Crippen LogP contribution in [0.3, 0.4) is 0 Å². The standard InChI is InChI=1S/C11H18BrNO2/c12-3-8(14)5-13-4-7-1-6-2-9(7)10(13)11(6)15/h6-11,14-15H,1-5H2. The molecule has 0 amide bonds. The number of hydrogen-bond donors (Lipinski definition) is 2. The van der Waals surface area contributed by atoms with Crippen LogP contribution in [0.2, 0.25) is 0 Å². The summed E-state index contributed by atoms with van der Waals surface area (Å²) in [6.45, 7) is 1.81. The molecule has 4 heteroatoms. The van der Waals surface area contributed by atoms with Gasteiger partial charge in [-0.25, -0.2) is 0 Å². The molecule has 0 aromatic rings. The summed E-state index contributed by atoms with van der Waals surface area (Å²) in [5.41, 5.74) is 0. The quantitative estimate of drug-likeness (QED) is 0.735. The van der Waals surface area contributed by atoms with Crippen molar-refractivity contribution in [2.75, 3.05) is 18.4 Å². The highest BCUT2D eigenvalue weighted by Gasteiger charge is 2.58. The largest absolute Gasteiger partial charge is 0.391 e. The van der Waals surface area contributed by atoms with E-state index < -0.39 is 0 Å². The molecule has 2 bridgehead atoms. The summed E-state index contributed by atoms with van der Waals surface area (Å²) in [6, 6.07) is 0.349. The topological polar surface area (TPSA) is 43.7 Å². The van der Waals surface area contributed by atoms with Crippen LogP contribution in [0.4, 0.5) is 0 Å². The fourth-order valence-corrected chi connectivity index (χ4v) is 4.27. The van der Waals surface area contributed by atoms with Crippen LogP contribution in [-0.4, -0.2) is 51.8 Å². The third-order valence-corrected chi connectivity index (χ3v) is 5.32. The molecule has 0 spiro atoms. The lowest BCUT2D eigenvalue weighted by atomic mass is 9.88. The first-order valence-electron chi connectivity index (χ1n) is 5.87. The van der Waals surface area contributed by atoms with E-state index >= 15 is 0 Å². The second-order valence-electron chi connectivity index (χ2n) is 5.40. The molecule has 6 atom stereocenters. The number of aliphatic hydroxyl groups excluding tert-OH is 2.